The topological polar surface area (TPSA) is 87.6 Å². The standard InChI is InChI=1S/C14H16N4O3/c1-18(2)11-8-12(21-3)17-13(16-11)9-6-4-5-7-10(9)15-14(19)20/h4-8,15H,1-3H3,(H,19,20). The second kappa shape index (κ2) is 6.08. The minimum atomic E-state index is -1.14. The summed E-state index contributed by atoms with van der Waals surface area (Å²) >= 11 is 0. The minimum absolute atomic E-state index is 0.391. The van der Waals surface area contributed by atoms with Crippen molar-refractivity contribution in [3.63, 3.8) is 0 Å². The van der Waals surface area contributed by atoms with Gasteiger partial charge in [-0.05, 0) is 12.1 Å². The Bertz CT molecular complexity index is 658. The number of rotatable bonds is 4. The second-order valence-corrected chi connectivity index (χ2v) is 4.46. The van der Waals surface area contributed by atoms with Crippen molar-refractivity contribution in [2.45, 2.75) is 0 Å². The van der Waals surface area contributed by atoms with Gasteiger partial charge in [-0.1, -0.05) is 12.1 Å². The van der Waals surface area contributed by atoms with Gasteiger partial charge >= 0.3 is 6.09 Å². The predicted molar refractivity (Wildman–Crippen MR) is 80.0 cm³/mol. The van der Waals surface area contributed by atoms with E-state index in [0.717, 1.165) is 0 Å². The molecule has 7 heteroatoms. The molecule has 21 heavy (non-hydrogen) atoms. The van der Waals surface area contributed by atoms with Gasteiger partial charge in [-0.15, -0.1) is 0 Å². The maximum Gasteiger partial charge on any atom is 0.409 e. The molecule has 2 N–H and O–H groups in total. The summed E-state index contributed by atoms with van der Waals surface area (Å²) in [6.45, 7) is 0. The lowest BCUT2D eigenvalue weighted by atomic mass is 10.1. The van der Waals surface area contributed by atoms with Crippen LogP contribution in [0, 0.1) is 0 Å². The summed E-state index contributed by atoms with van der Waals surface area (Å²) in [5.41, 5.74) is 1.00. The molecule has 0 atom stereocenters. The van der Waals surface area contributed by atoms with Crippen molar-refractivity contribution in [1.82, 2.24) is 9.97 Å². The first kappa shape index (κ1) is 14.6. The van der Waals surface area contributed by atoms with E-state index in [9.17, 15) is 4.79 Å². The molecule has 0 aliphatic heterocycles. The average Bonchev–Trinajstić information content (AvgIpc) is 2.46. The Balaban J connectivity index is 2.55. The predicted octanol–water partition coefficient (Wildman–Crippen LogP) is 2.31. The van der Waals surface area contributed by atoms with E-state index in [4.69, 9.17) is 9.84 Å². The number of amides is 1. The Morgan fingerprint density at radius 1 is 1.29 bits per heavy atom. The summed E-state index contributed by atoms with van der Waals surface area (Å²) in [7, 11) is 5.23. The fourth-order valence-corrected chi connectivity index (χ4v) is 1.77. The molecule has 1 amide bonds. The lowest BCUT2D eigenvalue weighted by Crippen LogP contribution is -2.13. The van der Waals surface area contributed by atoms with Gasteiger partial charge in [0.1, 0.15) is 5.82 Å². The number of para-hydroxylation sites is 1. The first-order chi connectivity index (χ1) is 10.0. The molecule has 0 fully saturated rings. The normalized spacial score (nSPS) is 10.0. The molecule has 2 rings (SSSR count). The van der Waals surface area contributed by atoms with Crippen molar-refractivity contribution in [2.75, 3.05) is 31.4 Å². The number of benzene rings is 1. The smallest absolute Gasteiger partial charge is 0.409 e. The van der Waals surface area contributed by atoms with Gasteiger partial charge in [-0.3, -0.25) is 5.32 Å². The highest BCUT2D eigenvalue weighted by molar-refractivity contribution is 5.89. The zero-order chi connectivity index (χ0) is 15.4. The molecule has 1 heterocycles. The zero-order valence-electron chi connectivity index (χ0n) is 12.0. The van der Waals surface area contributed by atoms with E-state index in [0.29, 0.717) is 28.8 Å². The van der Waals surface area contributed by atoms with Crippen LogP contribution in [0.25, 0.3) is 11.4 Å². The van der Waals surface area contributed by atoms with Gasteiger partial charge in [0, 0.05) is 25.7 Å². The van der Waals surface area contributed by atoms with Crippen LogP contribution in [0.3, 0.4) is 0 Å². The van der Waals surface area contributed by atoms with Gasteiger partial charge in [0.2, 0.25) is 5.88 Å². The fourth-order valence-electron chi connectivity index (χ4n) is 1.77. The molecule has 0 aliphatic carbocycles. The van der Waals surface area contributed by atoms with Crippen LogP contribution in [0.4, 0.5) is 16.3 Å². The summed E-state index contributed by atoms with van der Waals surface area (Å²) in [6.07, 6.45) is -1.14. The largest absolute Gasteiger partial charge is 0.481 e. The van der Waals surface area contributed by atoms with Crippen LogP contribution in [-0.2, 0) is 0 Å². The van der Waals surface area contributed by atoms with Crippen LogP contribution < -0.4 is 15.0 Å². The highest BCUT2D eigenvalue weighted by Crippen LogP contribution is 2.28. The highest BCUT2D eigenvalue weighted by atomic mass is 16.5. The molecule has 2 aromatic rings. The van der Waals surface area contributed by atoms with Crippen molar-refractivity contribution in [3.8, 4) is 17.3 Å². The van der Waals surface area contributed by atoms with Gasteiger partial charge in [0.25, 0.3) is 0 Å². The van der Waals surface area contributed by atoms with E-state index < -0.39 is 6.09 Å². The number of ether oxygens (including phenoxy) is 1. The van der Waals surface area contributed by atoms with Crippen molar-refractivity contribution >= 4 is 17.6 Å². The molecule has 0 aliphatic rings. The van der Waals surface area contributed by atoms with Crippen LogP contribution in [-0.4, -0.2) is 42.4 Å². The lowest BCUT2D eigenvalue weighted by molar-refractivity contribution is 0.210. The molecule has 110 valence electrons. The molecule has 0 saturated carbocycles. The summed E-state index contributed by atoms with van der Waals surface area (Å²) in [6, 6.07) is 8.64. The van der Waals surface area contributed by atoms with Gasteiger partial charge in [0.05, 0.1) is 12.8 Å². The van der Waals surface area contributed by atoms with Crippen molar-refractivity contribution < 1.29 is 14.6 Å². The molecular formula is C14H16N4O3. The number of nitrogens with one attached hydrogen (secondary N) is 1. The molecule has 0 unspecified atom stereocenters. The fraction of sp³-hybridized carbons (Fsp3) is 0.214. The summed E-state index contributed by atoms with van der Waals surface area (Å²) < 4.78 is 5.17. The molecule has 1 aromatic carbocycles. The second-order valence-electron chi connectivity index (χ2n) is 4.46. The molecule has 0 spiro atoms. The van der Waals surface area contributed by atoms with Crippen LogP contribution in [0.15, 0.2) is 30.3 Å². The molecule has 0 saturated heterocycles. The van der Waals surface area contributed by atoms with Gasteiger partial charge < -0.3 is 14.7 Å². The first-order valence-electron chi connectivity index (χ1n) is 6.21. The molecular weight excluding hydrogens is 272 g/mol. The SMILES string of the molecule is COc1cc(N(C)C)nc(-c2ccccc2NC(=O)O)n1. The molecule has 7 nitrogen and oxygen atoms in total. The third-order valence-electron chi connectivity index (χ3n) is 2.77. The number of carboxylic acid groups (broad SMARTS) is 1. The van der Waals surface area contributed by atoms with E-state index >= 15 is 0 Å². The van der Waals surface area contributed by atoms with Crippen LogP contribution >= 0.6 is 0 Å². The number of hydrogen-bond donors (Lipinski definition) is 2. The van der Waals surface area contributed by atoms with Crippen molar-refractivity contribution in [3.05, 3.63) is 30.3 Å². The summed E-state index contributed by atoms with van der Waals surface area (Å²) in [4.78, 5) is 21.4. The number of carbonyl (C=O) groups is 1. The monoisotopic (exact) mass is 288 g/mol. The first-order valence-corrected chi connectivity index (χ1v) is 6.21. The Kier molecular flexibility index (Phi) is 4.22. The van der Waals surface area contributed by atoms with Crippen molar-refractivity contribution in [2.24, 2.45) is 0 Å². The van der Waals surface area contributed by atoms with Crippen LogP contribution in [0.1, 0.15) is 0 Å². The Morgan fingerprint density at radius 3 is 2.62 bits per heavy atom. The number of methoxy groups -OCH3 is 1. The Labute approximate surface area is 122 Å². The van der Waals surface area contributed by atoms with Crippen molar-refractivity contribution in [1.29, 1.82) is 0 Å². The van der Waals surface area contributed by atoms with Crippen LogP contribution in [0.2, 0.25) is 0 Å². The Hall–Kier alpha value is -2.83. The summed E-state index contributed by atoms with van der Waals surface area (Å²) in [5, 5.41) is 11.2. The van der Waals surface area contributed by atoms with E-state index in [2.05, 4.69) is 15.3 Å². The van der Waals surface area contributed by atoms with E-state index in [1.165, 1.54) is 7.11 Å². The average molecular weight is 288 g/mol. The molecule has 1 aromatic heterocycles. The van der Waals surface area contributed by atoms with E-state index in [1.807, 2.05) is 19.0 Å². The number of anilines is 2. The number of aromatic nitrogens is 2. The lowest BCUT2D eigenvalue weighted by Gasteiger charge is -2.15. The van der Waals surface area contributed by atoms with Gasteiger partial charge in [-0.2, -0.15) is 4.98 Å². The van der Waals surface area contributed by atoms with E-state index in [-0.39, 0.29) is 0 Å². The summed E-state index contributed by atoms with van der Waals surface area (Å²) in [5.74, 6) is 1.47. The van der Waals surface area contributed by atoms with Crippen LogP contribution in [0.5, 0.6) is 5.88 Å². The maximum absolute atomic E-state index is 10.9. The molecule has 0 radical (unpaired) electrons. The minimum Gasteiger partial charge on any atom is -0.481 e. The highest BCUT2D eigenvalue weighted by Gasteiger charge is 2.13. The van der Waals surface area contributed by atoms with E-state index in [1.54, 1.807) is 30.3 Å². The maximum atomic E-state index is 10.9. The number of nitrogens with zero attached hydrogens (tertiary/aromatic N) is 3. The van der Waals surface area contributed by atoms with Gasteiger partial charge in [-0.25, -0.2) is 9.78 Å². The molecule has 0 bridgehead atoms. The Morgan fingerprint density at radius 2 is 2.00 bits per heavy atom. The zero-order valence-corrected chi connectivity index (χ0v) is 12.0. The third kappa shape index (κ3) is 3.38. The van der Waals surface area contributed by atoms with Gasteiger partial charge in [0.15, 0.2) is 5.82 Å². The third-order valence-corrected chi connectivity index (χ3v) is 2.77. The quantitative estimate of drug-likeness (QED) is 0.897. The number of hydrogen-bond acceptors (Lipinski definition) is 5.